The molecule has 3 heteroatoms. The summed E-state index contributed by atoms with van der Waals surface area (Å²) in [5.74, 6) is 0. The van der Waals surface area contributed by atoms with Crippen molar-refractivity contribution in [1.82, 2.24) is 9.80 Å². The summed E-state index contributed by atoms with van der Waals surface area (Å²) >= 11 is 0. The molecule has 0 saturated carbocycles. The van der Waals surface area contributed by atoms with Gasteiger partial charge in [0.15, 0.2) is 0 Å². The molecule has 2 unspecified atom stereocenters. The molecule has 1 saturated heterocycles. The average molecular weight is 275 g/mol. The number of benzene rings is 1. The first-order valence-corrected chi connectivity index (χ1v) is 7.70. The summed E-state index contributed by atoms with van der Waals surface area (Å²) in [4.78, 5) is 4.91. The second kappa shape index (κ2) is 6.70. The minimum Gasteiger partial charge on any atom is -0.329 e. The number of nitrogens with zero attached hydrogens (tertiary/aromatic N) is 2. The Bertz CT molecular complexity index is 422. The Morgan fingerprint density at radius 1 is 1.25 bits per heavy atom. The summed E-state index contributed by atoms with van der Waals surface area (Å²) in [6, 6.07) is 7.84. The summed E-state index contributed by atoms with van der Waals surface area (Å²) in [7, 11) is 4.32. The Morgan fingerprint density at radius 2 is 1.90 bits per heavy atom. The van der Waals surface area contributed by atoms with Crippen LogP contribution in [0.3, 0.4) is 0 Å². The molecule has 2 atom stereocenters. The highest BCUT2D eigenvalue weighted by molar-refractivity contribution is 5.31. The number of hydrogen-bond acceptors (Lipinski definition) is 3. The first-order valence-electron chi connectivity index (χ1n) is 7.70. The van der Waals surface area contributed by atoms with Gasteiger partial charge >= 0.3 is 0 Å². The summed E-state index contributed by atoms with van der Waals surface area (Å²) in [5, 5.41) is 0. The molecule has 0 bridgehead atoms. The molecule has 1 aliphatic heterocycles. The molecule has 112 valence electrons. The number of nitrogens with two attached hydrogens (primary N) is 1. The van der Waals surface area contributed by atoms with Crippen LogP contribution in [-0.4, -0.2) is 49.6 Å². The molecule has 1 aliphatic rings. The maximum atomic E-state index is 6.12. The lowest BCUT2D eigenvalue weighted by molar-refractivity contribution is 0.156. The van der Waals surface area contributed by atoms with Crippen molar-refractivity contribution in [3.05, 3.63) is 34.9 Å². The van der Waals surface area contributed by atoms with Gasteiger partial charge in [-0.25, -0.2) is 0 Å². The van der Waals surface area contributed by atoms with E-state index in [1.54, 1.807) is 0 Å². The molecule has 20 heavy (non-hydrogen) atoms. The standard InChI is InChI=1S/C17H29N3/c1-13-8-14(2)10-15(9-13)17(11-18)20-7-5-6-16(20)12-19(3)4/h8-10,16-17H,5-7,11-12,18H2,1-4H3. The molecule has 1 fully saturated rings. The van der Waals surface area contributed by atoms with Crippen LogP contribution in [0.1, 0.15) is 35.6 Å². The van der Waals surface area contributed by atoms with E-state index in [0.717, 1.165) is 6.54 Å². The molecule has 1 aromatic rings. The molecule has 0 aliphatic carbocycles. The lowest BCUT2D eigenvalue weighted by Gasteiger charge is -2.34. The zero-order chi connectivity index (χ0) is 14.7. The van der Waals surface area contributed by atoms with Crippen molar-refractivity contribution in [2.75, 3.05) is 33.7 Å². The molecule has 2 rings (SSSR count). The van der Waals surface area contributed by atoms with Crippen molar-refractivity contribution in [3.63, 3.8) is 0 Å². The van der Waals surface area contributed by atoms with Crippen LogP contribution in [0.2, 0.25) is 0 Å². The molecule has 2 N–H and O–H groups in total. The van der Waals surface area contributed by atoms with Crippen LogP contribution in [0, 0.1) is 13.8 Å². The quantitative estimate of drug-likeness (QED) is 0.895. The van der Waals surface area contributed by atoms with Crippen molar-refractivity contribution in [2.24, 2.45) is 5.73 Å². The topological polar surface area (TPSA) is 32.5 Å². The van der Waals surface area contributed by atoms with Crippen LogP contribution in [0.15, 0.2) is 18.2 Å². The predicted molar refractivity (Wildman–Crippen MR) is 86.0 cm³/mol. The molecular formula is C17H29N3. The number of hydrogen-bond donors (Lipinski definition) is 1. The van der Waals surface area contributed by atoms with Crippen molar-refractivity contribution in [2.45, 2.75) is 38.8 Å². The van der Waals surface area contributed by atoms with Gasteiger partial charge in [-0.3, -0.25) is 4.90 Å². The van der Waals surface area contributed by atoms with E-state index in [2.05, 4.69) is 55.9 Å². The average Bonchev–Trinajstić information content (AvgIpc) is 2.76. The fourth-order valence-electron chi connectivity index (χ4n) is 3.55. The number of likely N-dealkylation sites (tertiary alicyclic amines) is 1. The first-order chi connectivity index (χ1) is 9.51. The predicted octanol–water partition coefficient (Wildman–Crippen LogP) is 2.33. The Labute approximate surface area is 123 Å². The monoisotopic (exact) mass is 275 g/mol. The van der Waals surface area contributed by atoms with E-state index in [1.165, 1.54) is 36.1 Å². The zero-order valence-electron chi connectivity index (χ0n) is 13.4. The Kier molecular flexibility index (Phi) is 5.19. The highest BCUT2D eigenvalue weighted by Gasteiger charge is 2.31. The van der Waals surface area contributed by atoms with Gasteiger partial charge in [-0.2, -0.15) is 0 Å². The molecule has 0 amide bonds. The largest absolute Gasteiger partial charge is 0.329 e. The molecule has 1 heterocycles. The number of likely N-dealkylation sites (N-methyl/N-ethyl adjacent to an activating group) is 1. The van der Waals surface area contributed by atoms with Crippen LogP contribution >= 0.6 is 0 Å². The third-order valence-corrected chi connectivity index (χ3v) is 4.25. The summed E-state index contributed by atoms with van der Waals surface area (Å²) in [6.07, 6.45) is 2.58. The molecule has 0 spiro atoms. The lowest BCUT2D eigenvalue weighted by atomic mass is 9.99. The Balaban J connectivity index is 2.22. The van der Waals surface area contributed by atoms with Crippen molar-refractivity contribution in [1.29, 1.82) is 0 Å². The van der Waals surface area contributed by atoms with E-state index >= 15 is 0 Å². The number of rotatable bonds is 5. The number of aryl methyl sites for hydroxylation is 2. The van der Waals surface area contributed by atoms with Crippen molar-refractivity contribution < 1.29 is 0 Å². The smallest absolute Gasteiger partial charge is 0.0474 e. The fraction of sp³-hybridized carbons (Fsp3) is 0.647. The maximum absolute atomic E-state index is 6.12. The van der Waals surface area contributed by atoms with Gasteiger partial charge in [0.25, 0.3) is 0 Å². The second-order valence-electron chi connectivity index (χ2n) is 6.47. The Morgan fingerprint density at radius 3 is 2.45 bits per heavy atom. The summed E-state index contributed by atoms with van der Waals surface area (Å²) < 4.78 is 0. The van der Waals surface area contributed by atoms with Crippen molar-refractivity contribution in [3.8, 4) is 0 Å². The van der Waals surface area contributed by atoms with Gasteiger partial charge < -0.3 is 10.6 Å². The van der Waals surface area contributed by atoms with Crippen LogP contribution in [0.4, 0.5) is 0 Å². The van der Waals surface area contributed by atoms with Gasteiger partial charge in [0.2, 0.25) is 0 Å². The van der Waals surface area contributed by atoms with Gasteiger partial charge in [0.05, 0.1) is 0 Å². The van der Waals surface area contributed by atoms with Crippen LogP contribution in [0.5, 0.6) is 0 Å². The molecule has 3 nitrogen and oxygen atoms in total. The normalized spacial score (nSPS) is 21.6. The minimum absolute atomic E-state index is 0.362. The van der Waals surface area contributed by atoms with Crippen LogP contribution in [0.25, 0.3) is 0 Å². The summed E-state index contributed by atoms with van der Waals surface area (Å²) in [5.41, 5.74) is 10.2. The van der Waals surface area contributed by atoms with Gasteiger partial charge in [0.1, 0.15) is 0 Å². The van der Waals surface area contributed by atoms with Crippen LogP contribution in [-0.2, 0) is 0 Å². The summed E-state index contributed by atoms with van der Waals surface area (Å²) in [6.45, 7) is 7.35. The third kappa shape index (κ3) is 3.60. The van der Waals surface area contributed by atoms with E-state index < -0.39 is 0 Å². The highest BCUT2D eigenvalue weighted by Crippen LogP contribution is 2.30. The SMILES string of the molecule is Cc1cc(C)cc(C(CN)N2CCCC2CN(C)C)c1. The second-order valence-corrected chi connectivity index (χ2v) is 6.47. The maximum Gasteiger partial charge on any atom is 0.0474 e. The van der Waals surface area contributed by atoms with Gasteiger partial charge in [-0.1, -0.05) is 29.3 Å². The molecule has 0 aromatic heterocycles. The molecule has 0 radical (unpaired) electrons. The lowest BCUT2D eigenvalue weighted by Crippen LogP contribution is -2.42. The van der Waals surface area contributed by atoms with E-state index in [-0.39, 0.29) is 0 Å². The highest BCUT2D eigenvalue weighted by atomic mass is 15.2. The molecule has 1 aromatic carbocycles. The van der Waals surface area contributed by atoms with E-state index in [0.29, 0.717) is 18.6 Å². The van der Waals surface area contributed by atoms with Crippen molar-refractivity contribution >= 4 is 0 Å². The van der Waals surface area contributed by atoms with E-state index in [9.17, 15) is 0 Å². The van der Waals surface area contributed by atoms with Gasteiger partial charge in [-0.05, 0) is 52.9 Å². The Hall–Kier alpha value is -0.900. The van der Waals surface area contributed by atoms with E-state index in [1.807, 2.05) is 0 Å². The minimum atomic E-state index is 0.362. The first kappa shape index (κ1) is 15.5. The zero-order valence-corrected chi connectivity index (χ0v) is 13.4. The fourth-order valence-corrected chi connectivity index (χ4v) is 3.55. The van der Waals surface area contributed by atoms with E-state index in [4.69, 9.17) is 5.73 Å². The van der Waals surface area contributed by atoms with Crippen LogP contribution < -0.4 is 5.73 Å². The third-order valence-electron chi connectivity index (χ3n) is 4.25. The molecular weight excluding hydrogens is 246 g/mol. The van der Waals surface area contributed by atoms with Gasteiger partial charge in [0, 0.05) is 25.2 Å². The van der Waals surface area contributed by atoms with Gasteiger partial charge in [-0.15, -0.1) is 0 Å².